The molecular formula is C12H16N2O3S2. The third-order valence-corrected chi connectivity index (χ3v) is 4.80. The molecule has 0 radical (unpaired) electrons. The lowest BCUT2D eigenvalue weighted by Crippen LogP contribution is -2.30. The molecule has 0 fully saturated rings. The van der Waals surface area contributed by atoms with E-state index in [4.69, 9.17) is 4.74 Å². The Hall–Kier alpha value is -1.27. The SMILES string of the molecule is CCN(CC)S(=O)(=O)c1ccc(OC)c(N=C=S)c1. The second-order valence-corrected chi connectivity index (χ2v) is 5.75. The van der Waals surface area contributed by atoms with Crippen LogP contribution in [0.3, 0.4) is 0 Å². The van der Waals surface area contributed by atoms with Crippen LogP contribution in [0.1, 0.15) is 13.8 Å². The van der Waals surface area contributed by atoms with Gasteiger partial charge in [0.15, 0.2) is 0 Å². The third kappa shape index (κ3) is 3.39. The molecule has 0 N–H and O–H groups in total. The van der Waals surface area contributed by atoms with Gasteiger partial charge in [0.05, 0.1) is 17.2 Å². The van der Waals surface area contributed by atoms with E-state index in [1.165, 1.54) is 23.5 Å². The Labute approximate surface area is 119 Å². The summed E-state index contributed by atoms with van der Waals surface area (Å²) in [7, 11) is -2.03. The van der Waals surface area contributed by atoms with Gasteiger partial charge in [0, 0.05) is 13.1 Å². The number of benzene rings is 1. The minimum Gasteiger partial charge on any atom is -0.494 e. The highest BCUT2D eigenvalue weighted by atomic mass is 32.2. The van der Waals surface area contributed by atoms with Gasteiger partial charge in [-0.2, -0.15) is 9.30 Å². The summed E-state index contributed by atoms with van der Waals surface area (Å²) in [6.45, 7) is 4.41. The number of rotatable bonds is 6. The standard InChI is InChI=1S/C12H16N2O3S2/c1-4-14(5-2)19(15,16)10-6-7-12(17-3)11(8-10)13-9-18/h6-8H,4-5H2,1-3H3. The first-order chi connectivity index (χ1) is 9.01. The van der Waals surface area contributed by atoms with E-state index < -0.39 is 10.0 Å². The fraction of sp³-hybridized carbons (Fsp3) is 0.417. The number of hydrogen-bond donors (Lipinski definition) is 0. The Bertz CT molecular complexity index is 589. The summed E-state index contributed by atoms with van der Waals surface area (Å²) in [4.78, 5) is 3.99. The quantitative estimate of drug-likeness (QED) is 0.598. The minimum atomic E-state index is -3.51. The van der Waals surface area contributed by atoms with E-state index in [1.54, 1.807) is 19.9 Å². The molecular weight excluding hydrogens is 284 g/mol. The van der Waals surface area contributed by atoms with Crippen molar-refractivity contribution in [2.24, 2.45) is 4.99 Å². The van der Waals surface area contributed by atoms with E-state index in [0.717, 1.165) is 0 Å². The highest BCUT2D eigenvalue weighted by Crippen LogP contribution is 2.30. The highest BCUT2D eigenvalue weighted by molar-refractivity contribution is 7.89. The predicted octanol–water partition coefficient (Wildman–Crippen LogP) is 2.46. The second kappa shape index (κ2) is 6.77. The summed E-state index contributed by atoms with van der Waals surface area (Å²) in [6.07, 6.45) is 0. The van der Waals surface area contributed by atoms with Crippen molar-refractivity contribution in [1.82, 2.24) is 4.31 Å². The lowest BCUT2D eigenvalue weighted by Gasteiger charge is -2.18. The van der Waals surface area contributed by atoms with Crippen molar-refractivity contribution in [2.45, 2.75) is 18.7 Å². The Kier molecular flexibility index (Phi) is 5.62. The van der Waals surface area contributed by atoms with Crippen LogP contribution in [0.15, 0.2) is 28.1 Å². The van der Waals surface area contributed by atoms with Crippen molar-refractivity contribution in [1.29, 1.82) is 0 Å². The van der Waals surface area contributed by atoms with Crippen LogP contribution in [0.5, 0.6) is 5.75 Å². The van der Waals surface area contributed by atoms with Crippen LogP contribution in [0, 0.1) is 0 Å². The zero-order valence-corrected chi connectivity index (χ0v) is 12.7. The van der Waals surface area contributed by atoms with Crippen LogP contribution in [0.4, 0.5) is 5.69 Å². The monoisotopic (exact) mass is 300 g/mol. The molecule has 0 heterocycles. The molecule has 5 nitrogen and oxygen atoms in total. The average Bonchev–Trinajstić information content (AvgIpc) is 2.40. The molecule has 0 atom stereocenters. The van der Waals surface area contributed by atoms with Crippen molar-refractivity contribution in [3.05, 3.63) is 18.2 Å². The molecule has 1 aromatic carbocycles. The maximum atomic E-state index is 12.3. The van der Waals surface area contributed by atoms with Crippen LogP contribution in [0.25, 0.3) is 0 Å². The van der Waals surface area contributed by atoms with Crippen LogP contribution in [0.2, 0.25) is 0 Å². The molecule has 0 saturated carbocycles. The first kappa shape index (κ1) is 15.8. The molecule has 19 heavy (non-hydrogen) atoms. The van der Waals surface area contributed by atoms with Crippen molar-refractivity contribution in [3.8, 4) is 5.75 Å². The van der Waals surface area contributed by atoms with Crippen LogP contribution >= 0.6 is 12.2 Å². The lowest BCUT2D eigenvalue weighted by atomic mass is 10.3. The number of aliphatic imine (C=N–C) groups is 1. The number of nitrogens with zero attached hydrogens (tertiary/aromatic N) is 2. The Morgan fingerprint density at radius 2 is 2.00 bits per heavy atom. The fourth-order valence-corrected chi connectivity index (χ4v) is 3.26. The third-order valence-electron chi connectivity index (χ3n) is 2.66. The molecule has 104 valence electrons. The molecule has 1 aromatic rings. The summed E-state index contributed by atoms with van der Waals surface area (Å²) >= 11 is 4.54. The molecule has 1 rings (SSSR count). The van der Waals surface area contributed by atoms with Gasteiger partial charge in [-0.25, -0.2) is 8.42 Å². The van der Waals surface area contributed by atoms with Gasteiger partial charge in [0.2, 0.25) is 10.0 Å². The van der Waals surface area contributed by atoms with Crippen LogP contribution in [-0.2, 0) is 10.0 Å². The molecule has 0 amide bonds. The van der Waals surface area contributed by atoms with E-state index in [0.29, 0.717) is 24.5 Å². The van der Waals surface area contributed by atoms with Gasteiger partial charge in [0.25, 0.3) is 0 Å². The maximum absolute atomic E-state index is 12.3. The van der Waals surface area contributed by atoms with Crippen LogP contribution < -0.4 is 4.74 Å². The summed E-state index contributed by atoms with van der Waals surface area (Å²) in [5.74, 6) is 0.454. The van der Waals surface area contributed by atoms with Crippen molar-refractivity contribution in [3.63, 3.8) is 0 Å². The van der Waals surface area contributed by atoms with Crippen molar-refractivity contribution < 1.29 is 13.2 Å². The molecule has 0 aliphatic rings. The molecule has 0 aliphatic heterocycles. The normalized spacial score (nSPS) is 11.2. The van der Waals surface area contributed by atoms with Crippen LogP contribution in [-0.4, -0.2) is 38.1 Å². The average molecular weight is 300 g/mol. The Morgan fingerprint density at radius 3 is 2.47 bits per heavy atom. The van der Waals surface area contributed by atoms with Crippen molar-refractivity contribution >= 4 is 33.1 Å². The van der Waals surface area contributed by atoms with Gasteiger partial charge in [-0.1, -0.05) is 13.8 Å². The number of hydrogen-bond acceptors (Lipinski definition) is 5. The maximum Gasteiger partial charge on any atom is 0.243 e. The summed E-state index contributed by atoms with van der Waals surface area (Å²) in [6, 6.07) is 4.49. The Balaban J connectivity index is 3.36. The zero-order valence-electron chi connectivity index (χ0n) is 11.1. The summed E-state index contributed by atoms with van der Waals surface area (Å²) in [5, 5.41) is 2.21. The number of ether oxygens (including phenoxy) is 1. The van der Waals surface area contributed by atoms with Gasteiger partial charge in [0.1, 0.15) is 11.4 Å². The van der Waals surface area contributed by atoms with Gasteiger partial charge >= 0.3 is 0 Å². The van der Waals surface area contributed by atoms with Gasteiger partial charge in [-0.3, -0.25) is 0 Å². The first-order valence-corrected chi connectivity index (χ1v) is 7.62. The molecule has 0 aromatic heterocycles. The number of isothiocyanates is 1. The molecule has 0 unspecified atom stereocenters. The van der Waals surface area contributed by atoms with E-state index in [2.05, 4.69) is 22.4 Å². The van der Waals surface area contributed by atoms with E-state index in [1.807, 2.05) is 0 Å². The molecule has 0 spiro atoms. The summed E-state index contributed by atoms with van der Waals surface area (Å²) in [5.41, 5.74) is 0.353. The number of thiocarbonyl (C=S) groups is 1. The predicted molar refractivity (Wildman–Crippen MR) is 77.8 cm³/mol. The second-order valence-electron chi connectivity index (χ2n) is 3.63. The molecule has 7 heteroatoms. The zero-order chi connectivity index (χ0) is 14.5. The smallest absolute Gasteiger partial charge is 0.243 e. The largest absolute Gasteiger partial charge is 0.494 e. The number of methoxy groups -OCH3 is 1. The molecule has 0 aliphatic carbocycles. The molecule has 0 bridgehead atoms. The Morgan fingerprint density at radius 1 is 1.37 bits per heavy atom. The van der Waals surface area contributed by atoms with Gasteiger partial charge < -0.3 is 4.74 Å². The minimum absolute atomic E-state index is 0.168. The molecule has 0 saturated heterocycles. The summed E-state index contributed by atoms with van der Waals surface area (Å²) < 4.78 is 31.2. The highest BCUT2D eigenvalue weighted by Gasteiger charge is 2.22. The first-order valence-electron chi connectivity index (χ1n) is 5.77. The van der Waals surface area contributed by atoms with E-state index >= 15 is 0 Å². The van der Waals surface area contributed by atoms with E-state index in [-0.39, 0.29) is 4.90 Å². The fourth-order valence-electron chi connectivity index (χ4n) is 1.68. The topological polar surface area (TPSA) is 59.0 Å². The number of sulfonamides is 1. The van der Waals surface area contributed by atoms with E-state index in [9.17, 15) is 8.42 Å². The van der Waals surface area contributed by atoms with Gasteiger partial charge in [-0.15, -0.1) is 0 Å². The van der Waals surface area contributed by atoms with Crippen molar-refractivity contribution in [2.75, 3.05) is 20.2 Å². The lowest BCUT2D eigenvalue weighted by molar-refractivity contribution is 0.415. The van der Waals surface area contributed by atoms with Gasteiger partial charge in [-0.05, 0) is 30.4 Å².